The molecule has 1 aromatic heterocycles. The molecule has 1 aliphatic heterocycles. The molecule has 2 heterocycles. The second-order valence-electron chi connectivity index (χ2n) is 6.61. The molecule has 0 N–H and O–H groups in total. The van der Waals surface area contributed by atoms with Crippen molar-refractivity contribution in [1.82, 2.24) is 4.98 Å². The predicted molar refractivity (Wildman–Crippen MR) is 103 cm³/mol. The van der Waals surface area contributed by atoms with Gasteiger partial charge in [-0.15, -0.1) is 0 Å². The van der Waals surface area contributed by atoms with Crippen LogP contribution in [0.2, 0.25) is 0 Å². The second kappa shape index (κ2) is 7.15. The summed E-state index contributed by atoms with van der Waals surface area (Å²) in [5.41, 5.74) is 2.68. The van der Waals surface area contributed by atoms with Crippen LogP contribution >= 0.6 is 11.3 Å². The number of ether oxygens (including phenoxy) is 2. The van der Waals surface area contributed by atoms with Crippen molar-refractivity contribution in [3.05, 3.63) is 53.3 Å². The van der Waals surface area contributed by atoms with Gasteiger partial charge in [-0.05, 0) is 42.3 Å². The highest BCUT2D eigenvalue weighted by molar-refractivity contribution is 7.22. The standard InChI is InChI=1S/C20H19FN2O3S/c1-12-7-13(3-6-17(12)25-2)8-19(24)26-15-10-23(11-15)20-22-16-5-4-14(21)9-18(16)27-20/h3-7,9,15H,8,10-11H2,1-2H3. The summed E-state index contributed by atoms with van der Waals surface area (Å²) in [5.74, 6) is 0.301. The van der Waals surface area contributed by atoms with Gasteiger partial charge in [-0.25, -0.2) is 9.37 Å². The third kappa shape index (κ3) is 3.73. The van der Waals surface area contributed by atoms with Crippen LogP contribution in [-0.2, 0) is 16.0 Å². The highest BCUT2D eigenvalue weighted by atomic mass is 32.1. The highest BCUT2D eigenvalue weighted by Gasteiger charge is 2.32. The van der Waals surface area contributed by atoms with Crippen LogP contribution in [0.5, 0.6) is 5.75 Å². The number of carbonyl (C=O) groups is 1. The number of anilines is 1. The van der Waals surface area contributed by atoms with E-state index < -0.39 is 0 Å². The minimum atomic E-state index is -0.262. The van der Waals surface area contributed by atoms with E-state index in [0.717, 1.165) is 32.2 Å². The zero-order valence-electron chi connectivity index (χ0n) is 15.1. The number of benzene rings is 2. The minimum absolute atomic E-state index is 0.138. The normalized spacial score (nSPS) is 14.3. The summed E-state index contributed by atoms with van der Waals surface area (Å²) in [7, 11) is 1.63. The fourth-order valence-corrected chi connectivity index (χ4v) is 4.14. The molecule has 27 heavy (non-hydrogen) atoms. The van der Waals surface area contributed by atoms with Crippen LogP contribution in [0.1, 0.15) is 11.1 Å². The van der Waals surface area contributed by atoms with Gasteiger partial charge in [0.15, 0.2) is 5.13 Å². The molecule has 0 atom stereocenters. The fraction of sp³-hybridized carbons (Fsp3) is 0.300. The lowest BCUT2D eigenvalue weighted by Crippen LogP contribution is -2.53. The summed E-state index contributed by atoms with van der Waals surface area (Å²) in [6, 6.07) is 10.3. The van der Waals surface area contributed by atoms with Crippen LogP contribution in [0.15, 0.2) is 36.4 Å². The van der Waals surface area contributed by atoms with Crippen molar-refractivity contribution in [2.75, 3.05) is 25.1 Å². The van der Waals surface area contributed by atoms with Crippen LogP contribution in [0.25, 0.3) is 10.2 Å². The van der Waals surface area contributed by atoms with Gasteiger partial charge in [0.1, 0.15) is 17.7 Å². The van der Waals surface area contributed by atoms with E-state index in [9.17, 15) is 9.18 Å². The summed E-state index contributed by atoms with van der Waals surface area (Å²) in [5, 5.41) is 0.827. The number of esters is 1. The molecule has 0 unspecified atom stereocenters. The molecule has 0 spiro atoms. The Morgan fingerprint density at radius 3 is 2.85 bits per heavy atom. The molecule has 1 aliphatic rings. The SMILES string of the molecule is COc1ccc(CC(=O)OC2CN(c3nc4ccc(F)cc4s3)C2)cc1C. The van der Waals surface area contributed by atoms with Crippen molar-refractivity contribution in [3.63, 3.8) is 0 Å². The maximum Gasteiger partial charge on any atom is 0.310 e. The van der Waals surface area contributed by atoms with Crippen molar-refractivity contribution < 1.29 is 18.7 Å². The van der Waals surface area contributed by atoms with Crippen LogP contribution in [0.4, 0.5) is 9.52 Å². The quantitative estimate of drug-likeness (QED) is 0.626. The lowest BCUT2D eigenvalue weighted by Gasteiger charge is -2.38. The average molecular weight is 386 g/mol. The molecule has 0 aliphatic carbocycles. The molecule has 1 saturated heterocycles. The molecular weight excluding hydrogens is 367 g/mol. The number of fused-ring (bicyclic) bond motifs is 1. The zero-order chi connectivity index (χ0) is 19.0. The van der Waals surface area contributed by atoms with Crippen molar-refractivity contribution in [3.8, 4) is 5.75 Å². The Balaban J connectivity index is 1.31. The molecule has 2 aromatic carbocycles. The number of thiazole rings is 1. The molecule has 0 radical (unpaired) electrons. The van der Waals surface area contributed by atoms with Crippen molar-refractivity contribution in [2.45, 2.75) is 19.4 Å². The fourth-order valence-electron chi connectivity index (χ4n) is 3.14. The summed E-state index contributed by atoms with van der Waals surface area (Å²) in [6.07, 6.45) is 0.0995. The van der Waals surface area contributed by atoms with E-state index in [1.165, 1.54) is 23.5 Å². The molecule has 0 amide bonds. The topological polar surface area (TPSA) is 51.7 Å². The number of halogens is 1. The summed E-state index contributed by atoms with van der Waals surface area (Å²) in [6.45, 7) is 3.16. The van der Waals surface area contributed by atoms with E-state index in [0.29, 0.717) is 13.1 Å². The Morgan fingerprint density at radius 1 is 1.30 bits per heavy atom. The molecule has 0 bridgehead atoms. The van der Waals surface area contributed by atoms with Crippen LogP contribution in [0.3, 0.4) is 0 Å². The van der Waals surface area contributed by atoms with Gasteiger partial charge in [-0.2, -0.15) is 0 Å². The Kier molecular flexibility index (Phi) is 4.70. The zero-order valence-corrected chi connectivity index (χ0v) is 15.9. The number of nitrogens with zero attached hydrogens (tertiary/aromatic N) is 2. The molecule has 0 saturated carbocycles. The molecular formula is C20H19FN2O3S. The number of aryl methyl sites for hydroxylation is 1. The number of aromatic nitrogens is 1. The lowest BCUT2D eigenvalue weighted by atomic mass is 10.1. The molecule has 140 valence electrons. The van der Waals surface area contributed by atoms with Gasteiger partial charge in [0.2, 0.25) is 0 Å². The van der Waals surface area contributed by atoms with Crippen molar-refractivity contribution in [1.29, 1.82) is 0 Å². The molecule has 5 nitrogen and oxygen atoms in total. The number of methoxy groups -OCH3 is 1. The van der Waals surface area contributed by atoms with E-state index >= 15 is 0 Å². The summed E-state index contributed by atoms with van der Waals surface area (Å²) >= 11 is 1.45. The van der Waals surface area contributed by atoms with Crippen LogP contribution < -0.4 is 9.64 Å². The Morgan fingerprint density at radius 2 is 2.11 bits per heavy atom. The third-order valence-corrected chi connectivity index (χ3v) is 5.64. The second-order valence-corrected chi connectivity index (χ2v) is 7.62. The first-order valence-corrected chi connectivity index (χ1v) is 9.47. The first kappa shape index (κ1) is 17.7. The Labute approximate surface area is 160 Å². The number of hydrogen-bond acceptors (Lipinski definition) is 6. The van der Waals surface area contributed by atoms with E-state index in [2.05, 4.69) is 4.98 Å². The lowest BCUT2D eigenvalue weighted by molar-refractivity contribution is -0.149. The average Bonchev–Trinajstić information content (AvgIpc) is 3.00. The monoisotopic (exact) mass is 386 g/mol. The van der Waals surface area contributed by atoms with E-state index in [-0.39, 0.29) is 24.3 Å². The van der Waals surface area contributed by atoms with Crippen LogP contribution in [-0.4, -0.2) is 37.3 Å². The third-order valence-electron chi connectivity index (χ3n) is 4.56. The first-order chi connectivity index (χ1) is 13.0. The highest BCUT2D eigenvalue weighted by Crippen LogP contribution is 2.32. The molecule has 3 aromatic rings. The maximum atomic E-state index is 13.3. The molecule has 4 rings (SSSR count). The number of rotatable bonds is 5. The van der Waals surface area contributed by atoms with Gasteiger partial charge >= 0.3 is 5.97 Å². The van der Waals surface area contributed by atoms with Gasteiger partial charge in [0, 0.05) is 0 Å². The number of carbonyl (C=O) groups excluding carboxylic acids is 1. The van der Waals surface area contributed by atoms with Gasteiger partial charge < -0.3 is 14.4 Å². The molecule has 7 heteroatoms. The smallest absolute Gasteiger partial charge is 0.310 e. The summed E-state index contributed by atoms with van der Waals surface area (Å²) in [4.78, 5) is 18.7. The Bertz CT molecular complexity index is 998. The molecule has 1 fully saturated rings. The van der Waals surface area contributed by atoms with Gasteiger partial charge in [-0.1, -0.05) is 23.5 Å². The van der Waals surface area contributed by atoms with Gasteiger partial charge in [0.25, 0.3) is 0 Å². The van der Waals surface area contributed by atoms with Crippen LogP contribution in [0, 0.1) is 12.7 Å². The summed E-state index contributed by atoms with van der Waals surface area (Å²) < 4.78 is 24.9. The van der Waals surface area contributed by atoms with Crippen molar-refractivity contribution in [2.24, 2.45) is 0 Å². The van der Waals surface area contributed by atoms with E-state index in [4.69, 9.17) is 9.47 Å². The Hall–Kier alpha value is -2.67. The number of hydrogen-bond donors (Lipinski definition) is 0. The van der Waals surface area contributed by atoms with Gasteiger partial charge in [0.05, 0.1) is 36.8 Å². The van der Waals surface area contributed by atoms with E-state index in [1.807, 2.05) is 30.0 Å². The maximum absolute atomic E-state index is 13.3. The van der Waals surface area contributed by atoms with Gasteiger partial charge in [-0.3, -0.25) is 4.79 Å². The largest absolute Gasteiger partial charge is 0.496 e. The van der Waals surface area contributed by atoms with Crippen molar-refractivity contribution >= 4 is 32.7 Å². The minimum Gasteiger partial charge on any atom is -0.496 e. The first-order valence-electron chi connectivity index (χ1n) is 8.66. The van der Waals surface area contributed by atoms with E-state index in [1.54, 1.807) is 13.2 Å². The predicted octanol–water partition coefficient (Wildman–Crippen LogP) is 3.73.